The van der Waals surface area contributed by atoms with Crippen LogP contribution in [0.25, 0.3) is 11.5 Å². The number of rotatable bonds is 5. The van der Waals surface area contributed by atoms with Gasteiger partial charge in [-0.05, 0) is 25.5 Å². The molecule has 0 spiro atoms. The van der Waals surface area contributed by atoms with Crippen LogP contribution in [0.4, 0.5) is 29.8 Å². The molecule has 2 aliphatic heterocycles. The van der Waals surface area contributed by atoms with E-state index >= 15 is 0 Å². The first-order chi connectivity index (χ1) is 19.7. The molecule has 41 heavy (non-hydrogen) atoms. The van der Waals surface area contributed by atoms with Gasteiger partial charge in [-0.15, -0.1) is 21.5 Å². The van der Waals surface area contributed by atoms with Gasteiger partial charge in [0.2, 0.25) is 12.1 Å². The fourth-order valence-electron chi connectivity index (χ4n) is 4.74. The van der Waals surface area contributed by atoms with Crippen LogP contribution in [0.5, 0.6) is 0 Å². The van der Waals surface area contributed by atoms with Crippen LogP contribution in [-0.4, -0.2) is 64.3 Å². The highest BCUT2D eigenvalue weighted by Gasteiger charge is 2.34. The number of morpholine rings is 1. The molecule has 1 unspecified atom stereocenters. The number of aromatic amines is 1. The van der Waals surface area contributed by atoms with Gasteiger partial charge in [0.25, 0.3) is 5.91 Å². The fourth-order valence-corrected chi connectivity index (χ4v) is 5.81. The van der Waals surface area contributed by atoms with Gasteiger partial charge in [0.05, 0.1) is 30.2 Å². The predicted octanol–water partition coefficient (Wildman–Crippen LogP) is 4.63. The molecule has 3 N–H and O–H groups in total. The Morgan fingerprint density at radius 1 is 1.12 bits per heavy atom. The van der Waals surface area contributed by atoms with E-state index in [1.807, 2.05) is 44.2 Å². The minimum atomic E-state index is -4.55. The Morgan fingerprint density at radius 3 is 2.61 bits per heavy atom. The van der Waals surface area contributed by atoms with Crippen LogP contribution in [-0.2, 0) is 15.7 Å². The number of pyridine rings is 1. The number of hydrogen-bond donors (Lipinski definition) is 3. The van der Waals surface area contributed by atoms with Crippen LogP contribution in [0, 0.1) is 13.8 Å². The number of carbonyl (C=O) groups excluding carboxylic acids is 1. The molecule has 212 valence electrons. The second-order valence-corrected chi connectivity index (χ2v) is 10.8. The summed E-state index contributed by atoms with van der Waals surface area (Å²) in [7, 11) is 0. The molecule has 1 saturated heterocycles. The maximum atomic E-state index is 13.5. The van der Waals surface area contributed by atoms with Gasteiger partial charge in [0, 0.05) is 35.3 Å². The molecule has 0 radical (unpaired) electrons. The van der Waals surface area contributed by atoms with E-state index < -0.39 is 23.8 Å². The number of halogens is 3. The number of aryl methyl sites for hydroxylation is 1. The first-order valence-electron chi connectivity index (χ1n) is 12.8. The normalized spacial score (nSPS) is 17.5. The predicted molar refractivity (Wildman–Crippen MR) is 150 cm³/mol. The van der Waals surface area contributed by atoms with Crippen LogP contribution >= 0.6 is 11.3 Å². The highest BCUT2D eigenvalue weighted by Crippen LogP contribution is 2.37. The quantitative estimate of drug-likeness (QED) is 0.314. The standard InChI is InChI=1S/C27H25F3N8O2S/c1-14-15(2)41-25-19(14)20(16-6-4-3-5-7-16)32-23(24(39)35-25)34-26-33-22(36-37-26)21-18(38-8-10-40-11-9-38)12-17(13-31-21)27(28,29)30/h3-7,12-13,23H,8-11H2,1-2H3,(H,35,39)(H2,33,34,36,37). The van der Waals surface area contributed by atoms with Gasteiger partial charge in [-0.2, -0.15) is 13.2 Å². The van der Waals surface area contributed by atoms with Crippen molar-refractivity contribution in [2.45, 2.75) is 26.2 Å². The molecule has 0 saturated carbocycles. The number of aromatic nitrogens is 4. The minimum Gasteiger partial charge on any atom is -0.378 e. The zero-order valence-electron chi connectivity index (χ0n) is 22.0. The second kappa shape index (κ2) is 10.6. The summed E-state index contributed by atoms with van der Waals surface area (Å²) in [5, 5.41) is 14.9. The lowest BCUT2D eigenvalue weighted by atomic mass is 10.00. The molecule has 5 heterocycles. The van der Waals surface area contributed by atoms with Gasteiger partial charge < -0.3 is 25.3 Å². The van der Waals surface area contributed by atoms with Gasteiger partial charge in [0.15, 0.2) is 5.82 Å². The first kappa shape index (κ1) is 26.9. The molecule has 6 rings (SSSR count). The van der Waals surface area contributed by atoms with Gasteiger partial charge in [-0.25, -0.2) is 4.99 Å². The Kier molecular flexibility index (Phi) is 6.95. The Hall–Kier alpha value is -4.30. The van der Waals surface area contributed by atoms with Gasteiger partial charge in [-0.3, -0.25) is 9.78 Å². The van der Waals surface area contributed by atoms with Crippen molar-refractivity contribution in [3.05, 3.63) is 69.7 Å². The lowest BCUT2D eigenvalue weighted by molar-refractivity contribution is -0.137. The first-order valence-corrected chi connectivity index (χ1v) is 13.6. The van der Waals surface area contributed by atoms with Crippen molar-refractivity contribution in [2.24, 2.45) is 4.99 Å². The summed E-state index contributed by atoms with van der Waals surface area (Å²) in [6, 6.07) is 10.6. The number of hydrogen-bond acceptors (Lipinski definition) is 9. The van der Waals surface area contributed by atoms with E-state index in [2.05, 4.69) is 30.8 Å². The van der Waals surface area contributed by atoms with Crippen LogP contribution < -0.4 is 15.5 Å². The number of aliphatic imine (C=N–C) groups is 1. The molecule has 10 nitrogen and oxygen atoms in total. The van der Waals surface area contributed by atoms with Crippen molar-refractivity contribution in [2.75, 3.05) is 41.8 Å². The number of anilines is 3. The van der Waals surface area contributed by atoms with Crippen molar-refractivity contribution in [3.8, 4) is 11.5 Å². The second-order valence-electron chi connectivity index (χ2n) is 9.58. The van der Waals surface area contributed by atoms with Crippen LogP contribution in [0.3, 0.4) is 0 Å². The molecule has 4 aromatic rings. The van der Waals surface area contributed by atoms with Crippen LogP contribution in [0.15, 0.2) is 47.6 Å². The van der Waals surface area contributed by atoms with Crippen LogP contribution in [0.1, 0.15) is 27.1 Å². The fraction of sp³-hybridized carbons (Fsp3) is 0.296. The van der Waals surface area contributed by atoms with E-state index in [9.17, 15) is 18.0 Å². The Balaban J connectivity index is 1.35. The number of benzene rings is 1. The summed E-state index contributed by atoms with van der Waals surface area (Å²) in [5.74, 6) is -0.128. The third kappa shape index (κ3) is 5.27. The molecule has 14 heteroatoms. The number of thiophene rings is 1. The zero-order valence-corrected chi connectivity index (χ0v) is 22.9. The summed E-state index contributed by atoms with van der Waals surface area (Å²) in [6.07, 6.45) is -4.85. The summed E-state index contributed by atoms with van der Waals surface area (Å²) >= 11 is 1.48. The summed E-state index contributed by atoms with van der Waals surface area (Å²) in [5.41, 5.74) is 2.98. The third-order valence-electron chi connectivity index (χ3n) is 6.94. The number of H-pyrrole nitrogens is 1. The molecule has 3 aromatic heterocycles. The molecule has 0 aliphatic carbocycles. The van der Waals surface area contributed by atoms with E-state index in [1.54, 1.807) is 4.90 Å². The van der Waals surface area contributed by atoms with Gasteiger partial charge >= 0.3 is 6.18 Å². The number of nitrogens with zero attached hydrogens (tertiary/aromatic N) is 5. The van der Waals surface area contributed by atoms with E-state index in [1.165, 1.54) is 11.3 Å². The van der Waals surface area contributed by atoms with E-state index in [4.69, 9.17) is 9.73 Å². The largest absolute Gasteiger partial charge is 0.417 e. The van der Waals surface area contributed by atoms with E-state index in [0.29, 0.717) is 37.0 Å². The molecule has 1 fully saturated rings. The minimum absolute atomic E-state index is 0.115. The van der Waals surface area contributed by atoms with Crippen molar-refractivity contribution in [1.29, 1.82) is 0 Å². The SMILES string of the molecule is Cc1sc2c(c1C)C(c1ccccc1)=NC(Nc1nnc(-c3ncc(C(F)(F)F)cc3N3CCOCC3)[nH]1)C(=O)N2. The monoisotopic (exact) mass is 582 g/mol. The number of alkyl halides is 3. The molecule has 1 amide bonds. The smallest absolute Gasteiger partial charge is 0.378 e. The summed E-state index contributed by atoms with van der Waals surface area (Å²) < 4.78 is 45.9. The molecule has 1 atom stereocenters. The van der Waals surface area contributed by atoms with Gasteiger partial charge in [0.1, 0.15) is 10.7 Å². The van der Waals surface area contributed by atoms with Crippen molar-refractivity contribution < 1.29 is 22.7 Å². The summed E-state index contributed by atoms with van der Waals surface area (Å²) in [4.78, 5) is 28.0. The highest BCUT2D eigenvalue weighted by molar-refractivity contribution is 7.17. The lowest BCUT2D eigenvalue weighted by Gasteiger charge is -2.30. The van der Waals surface area contributed by atoms with Crippen molar-refractivity contribution >= 4 is 39.6 Å². The molecule has 2 aliphatic rings. The zero-order chi connectivity index (χ0) is 28.7. The maximum Gasteiger partial charge on any atom is 0.417 e. The van der Waals surface area contributed by atoms with Gasteiger partial charge in [-0.1, -0.05) is 30.3 Å². The molecule has 1 aromatic carbocycles. The van der Waals surface area contributed by atoms with Crippen molar-refractivity contribution in [1.82, 2.24) is 20.2 Å². The van der Waals surface area contributed by atoms with Crippen LogP contribution in [0.2, 0.25) is 0 Å². The van der Waals surface area contributed by atoms with E-state index in [-0.39, 0.29) is 23.2 Å². The Bertz CT molecular complexity index is 1630. The molecular formula is C27H25F3N8O2S. The number of fused-ring (bicyclic) bond motifs is 1. The number of ether oxygens (including phenoxy) is 1. The van der Waals surface area contributed by atoms with Crippen molar-refractivity contribution in [3.63, 3.8) is 0 Å². The summed E-state index contributed by atoms with van der Waals surface area (Å²) in [6.45, 7) is 5.54. The lowest BCUT2D eigenvalue weighted by Crippen LogP contribution is -2.36. The van der Waals surface area contributed by atoms with E-state index in [0.717, 1.165) is 33.8 Å². The Morgan fingerprint density at radius 2 is 1.88 bits per heavy atom. The number of amides is 1. The maximum absolute atomic E-state index is 13.5. The highest BCUT2D eigenvalue weighted by atomic mass is 32.1. The average molecular weight is 583 g/mol. The molecule has 0 bridgehead atoms. The number of carbonyl (C=O) groups is 1. The third-order valence-corrected chi connectivity index (χ3v) is 8.07. The number of nitrogens with one attached hydrogen (secondary N) is 3. The molecular weight excluding hydrogens is 557 g/mol. The Labute approximate surface area is 236 Å². The topological polar surface area (TPSA) is 120 Å². The average Bonchev–Trinajstić information content (AvgIpc) is 3.50.